The number of ether oxygens (including phenoxy) is 2. The van der Waals surface area contributed by atoms with Gasteiger partial charge in [0.1, 0.15) is 11.5 Å². The Hall–Kier alpha value is -2.76. The van der Waals surface area contributed by atoms with Crippen LogP contribution in [0.25, 0.3) is 11.6 Å². The number of imidazole rings is 2. The van der Waals surface area contributed by atoms with E-state index in [1.54, 1.807) is 19.5 Å². The molecule has 3 heterocycles. The van der Waals surface area contributed by atoms with Gasteiger partial charge in [0.15, 0.2) is 11.6 Å². The summed E-state index contributed by atoms with van der Waals surface area (Å²) in [6, 6.07) is 6.02. The predicted molar refractivity (Wildman–Crippen MR) is 85.5 cm³/mol. The number of H-pyrrole nitrogens is 1. The Balaban J connectivity index is 1.52. The van der Waals surface area contributed by atoms with Crippen molar-refractivity contribution < 1.29 is 9.47 Å². The van der Waals surface area contributed by atoms with Crippen LogP contribution < -0.4 is 9.47 Å². The molecule has 1 aromatic carbocycles. The van der Waals surface area contributed by atoms with Crippen molar-refractivity contribution in [2.24, 2.45) is 5.92 Å². The molecule has 1 atom stereocenters. The molecule has 0 spiro atoms. The highest BCUT2D eigenvalue weighted by Gasteiger charge is 2.22. The number of aromatic amines is 1. The summed E-state index contributed by atoms with van der Waals surface area (Å²) in [5.41, 5.74) is 1.22. The lowest BCUT2D eigenvalue weighted by Gasteiger charge is -2.26. The molecular formula is C17H18N4O2. The van der Waals surface area contributed by atoms with Crippen molar-refractivity contribution in [2.75, 3.05) is 13.7 Å². The fourth-order valence-corrected chi connectivity index (χ4v) is 3.00. The molecule has 1 aliphatic rings. The molecule has 2 aromatic heterocycles. The number of benzene rings is 1. The molecule has 0 aliphatic carbocycles. The van der Waals surface area contributed by atoms with Crippen LogP contribution >= 0.6 is 0 Å². The van der Waals surface area contributed by atoms with Crippen molar-refractivity contribution in [3.63, 3.8) is 0 Å². The molecule has 0 bridgehead atoms. The SMILES string of the molecule is COc1ccc2c(c1)OCC(Cn1ccnc1-c1ncc[nH]1)C2. The number of fused-ring (bicyclic) bond motifs is 1. The monoisotopic (exact) mass is 310 g/mol. The minimum absolute atomic E-state index is 0.402. The third kappa shape index (κ3) is 2.67. The van der Waals surface area contributed by atoms with E-state index in [1.165, 1.54) is 5.56 Å². The minimum atomic E-state index is 0.402. The smallest absolute Gasteiger partial charge is 0.176 e. The predicted octanol–water partition coefficient (Wildman–Crippen LogP) is 2.53. The third-order valence-corrected chi connectivity index (χ3v) is 4.14. The van der Waals surface area contributed by atoms with E-state index in [1.807, 2.05) is 24.5 Å². The van der Waals surface area contributed by atoms with Gasteiger partial charge in [-0.15, -0.1) is 0 Å². The summed E-state index contributed by atoms with van der Waals surface area (Å²) in [6.45, 7) is 1.54. The number of nitrogens with one attached hydrogen (secondary N) is 1. The first-order chi connectivity index (χ1) is 11.3. The highest BCUT2D eigenvalue weighted by atomic mass is 16.5. The van der Waals surface area contributed by atoms with Gasteiger partial charge in [-0.3, -0.25) is 0 Å². The second-order valence-electron chi connectivity index (χ2n) is 5.70. The number of hydrogen-bond donors (Lipinski definition) is 1. The van der Waals surface area contributed by atoms with Crippen LogP contribution in [0.2, 0.25) is 0 Å². The summed E-state index contributed by atoms with van der Waals surface area (Å²) in [7, 11) is 1.67. The maximum Gasteiger partial charge on any atom is 0.176 e. The molecule has 0 saturated carbocycles. The highest BCUT2D eigenvalue weighted by molar-refractivity contribution is 5.44. The second kappa shape index (κ2) is 5.79. The van der Waals surface area contributed by atoms with Gasteiger partial charge in [0.2, 0.25) is 0 Å². The first kappa shape index (κ1) is 13.9. The zero-order valence-corrected chi connectivity index (χ0v) is 12.9. The van der Waals surface area contributed by atoms with Gasteiger partial charge in [-0.25, -0.2) is 9.97 Å². The molecule has 6 nitrogen and oxygen atoms in total. The van der Waals surface area contributed by atoms with Gasteiger partial charge in [0.25, 0.3) is 0 Å². The Labute approximate surface area is 134 Å². The average Bonchev–Trinajstić information content (AvgIpc) is 3.25. The van der Waals surface area contributed by atoms with E-state index in [0.29, 0.717) is 12.5 Å². The fourth-order valence-electron chi connectivity index (χ4n) is 3.00. The first-order valence-corrected chi connectivity index (χ1v) is 7.64. The van der Waals surface area contributed by atoms with Gasteiger partial charge < -0.3 is 19.0 Å². The van der Waals surface area contributed by atoms with Crippen molar-refractivity contribution in [1.82, 2.24) is 19.5 Å². The summed E-state index contributed by atoms with van der Waals surface area (Å²) in [6.07, 6.45) is 8.32. The Bertz CT molecular complexity index is 795. The fraction of sp³-hybridized carbons (Fsp3) is 0.294. The zero-order valence-electron chi connectivity index (χ0n) is 12.9. The largest absolute Gasteiger partial charge is 0.497 e. The van der Waals surface area contributed by atoms with Crippen molar-refractivity contribution >= 4 is 0 Å². The maximum atomic E-state index is 5.92. The van der Waals surface area contributed by atoms with E-state index in [2.05, 4.69) is 25.6 Å². The quantitative estimate of drug-likeness (QED) is 0.804. The lowest BCUT2D eigenvalue weighted by atomic mass is 9.96. The second-order valence-corrected chi connectivity index (χ2v) is 5.70. The standard InChI is InChI=1S/C17H18N4O2/c1-22-14-3-2-13-8-12(11-23-15(13)9-14)10-21-7-6-20-17(21)16-18-4-5-19-16/h2-7,9,12H,8,10-11H2,1H3,(H,18,19). The summed E-state index contributed by atoms with van der Waals surface area (Å²) >= 11 is 0. The highest BCUT2D eigenvalue weighted by Crippen LogP contribution is 2.31. The number of methoxy groups -OCH3 is 1. The number of aromatic nitrogens is 4. The van der Waals surface area contributed by atoms with Crippen molar-refractivity contribution in [3.8, 4) is 23.1 Å². The lowest BCUT2D eigenvalue weighted by Crippen LogP contribution is -2.25. The molecule has 3 aromatic rings. The average molecular weight is 310 g/mol. The van der Waals surface area contributed by atoms with Crippen LogP contribution in [0.15, 0.2) is 43.0 Å². The van der Waals surface area contributed by atoms with Gasteiger partial charge >= 0.3 is 0 Å². The van der Waals surface area contributed by atoms with Crippen LogP contribution in [-0.2, 0) is 13.0 Å². The van der Waals surface area contributed by atoms with Gasteiger partial charge in [-0.2, -0.15) is 0 Å². The normalized spacial score (nSPS) is 16.7. The Kier molecular flexibility index (Phi) is 3.49. The van der Waals surface area contributed by atoms with Gasteiger partial charge in [-0.1, -0.05) is 6.07 Å². The number of rotatable bonds is 4. The summed E-state index contributed by atoms with van der Waals surface area (Å²) < 4.78 is 13.3. The maximum absolute atomic E-state index is 5.92. The van der Waals surface area contributed by atoms with Gasteiger partial charge in [0.05, 0.1) is 13.7 Å². The third-order valence-electron chi connectivity index (χ3n) is 4.14. The molecule has 0 radical (unpaired) electrons. The minimum Gasteiger partial charge on any atom is -0.497 e. The summed E-state index contributed by atoms with van der Waals surface area (Å²) in [5, 5.41) is 0. The molecule has 1 unspecified atom stereocenters. The number of hydrogen-bond acceptors (Lipinski definition) is 4. The molecular weight excluding hydrogens is 292 g/mol. The summed E-state index contributed by atoms with van der Waals surface area (Å²) in [4.78, 5) is 11.8. The van der Waals surface area contributed by atoms with Crippen LogP contribution in [0.3, 0.4) is 0 Å². The van der Waals surface area contributed by atoms with Crippen molar-refractivity contribution in [1.29, 1.82) is 0 Å². The van der Waals surface area contributed by atoms with E-state index in [4.69, 9.17) is 9.47 Å². The Morgan fingerprint density at radius 3 is 3.13 bits per heavy atom. The Morgan fingerprint density at radius 2 is 2.30 bits per heavy atom. The van der Waals surface area contributed by atoms with E-state index in [9.17, 15) is 0 Å². The zero-order chi connectivity index (χ0) is 15.6. The molecule has 0 fully saturated rings. The first-order valence-electron chi connectivity index (χ1n) is 7.64. The molecule has 1 aliphatic heterocycles. The van der Waals surface area contributed by atoms with E-state index in [0.717, 1.165) is 36.1 Å². The molecule has 1 N–H and O–H groups in total. The molecule has 23 heavy (non-hydrogen) atoms. The van der Waals surface area contributed by atoms with Crippen LogP contribution in [0, 0.1) is 5.92 Å². The van der Waals surface area contributed by atoms with Crippen LogP contribution in [0.5, 0.6) is 11.5 Å². The van der Waals surface area contributed by atoms with Gasteiger partial charge in [0, 0.05) is 43.3 Å². The van der Waals surface area contributed by atoms with Crippen molar-refractivity contribution in [3.05, 3.63) is 48.5 Å². The Morgan fingerprint density at radius 1 is 1.35 bits per heavy atom. The van der Waals surface area contributed by atoms with E-state index in [-0.39, 0.29) is 0 Å². The lowest BCUT2D eigenvalue weighted by molar-refractivity contribution is 0.205. The van der Waals surface area contributed by atoms with Crippen LogP contribution in [0.1, 0.15) is 5.56 Å². The molecule has 4 rings (SSSR count). The molecule has 0 saturated heterocycles. The number of nitrogens with zero attached hydrogens (tertiary/aromatic N) is 3. The summed E-state index contributed by atoms with van der Waals surface area (Å²) in [5.74, 6) is 3.81. The van der Waals surface area contributed by atoms with Crippen molar-refractivity contribution in [2.45, 2.75) is 13.0 Å². The van der Waals surface area contributed by atoms with Gasteiger partial charge in [-0.05, 0) is 18.1 Å². The molecule has 118 valence electrons. The van der Waals surface area contributed by atoms with E-state index >= 15 is 0 Å². The van der Waals surface area contributed by atoms with E-state index < -0.39 is 0 Å². The van der Waals surface area contributed by atoms with Crippen LogP contribution in [0.4, 0.5) is 0 Å². The van der Waals surface area contributed by atoms with Crippen LogP contribution in [-0.4, -0.2) is 33.2 Å². The molecule has 6 heteroatoms. The molecule has 0 amide bonds. The topological polar surface area (TPSA) is 65.0 Å².